The lowest BCUT2D eigenvalue weighted by molar-refractivity contribution is 0.0700. The van der Waals surface area contributed by atoms with E-state index in [1.165, 1.54) is 0 Å². The summed E-state index contributed by atoms with van der Waals surface area (Å²) in [7, 11) is 1.58. The Hall–Kier alpha value is -3.67. The van der Waals surface area contributed by atoms with Crippen LogP contribution < -0.4 is 4.74 Å². The highest BCUT2D eigenvalue weighted by Gasteiger charge is 2.21. The zero-order valence-electron chi connectivity index (χ0n) is 14.0. The second kappa shape index (κ2) is 6.33. The Labute approximate surface area is 149 Å². The fraction of sp³-hybridized carbons (Fsp3) is 0.0500. The van der Waals surface area contributed by atoms with Crippen LogP contribution in [0.3, 0.4) is 0 Å². The van der Waals surface area contributed by atoms with Gasteiger partial charge in [0.2, 0.25) is 0 Å². The lowest BCUT2D eigenvalue weighted by atomic mass is 10.0. The molecule has 0 aliphatic heterocycles. The molecule has 0 radical (unpaired) electrons. The SMILES string of the molecule is COc1cc(-c2nn3ccccc3c2C(=O)O)ccc1-c1ccccn1. The van der Waals surface area contributed by atoms with Gasteiger partial charge in [0.1, 0.15) is 17.0 Å². The molecule has 0 aliphatic rings. The Bertz CT molecular complexity index is 1100. The molecule has 0 spiro atoms. The normalized spacial score (nSPS) is 10.8. The fourth-order valence-electron chi connectivity index (χ4n) is 2.98. The summed E-state index contributed by atoms with van der Waals surface area (Å²) in [6, 6.07) is 16.5. The summed E-state index contributed by atoms with van der Waals surface area (Å²) in [5.41, 5.74) is 3.39. The van der Waals surface area contributed by atoms with Crippen molar-refractivity contribution >= 4 is 11.5 Å². The van der Waals surface area contributed by atoms with Crippen LogP contribution in [0.2, 0.25) is 0 Å². The van der Waals surface area contributed by atoms with E-state index in [0.717, 1.165) is 11.3 Å². The quantitative estimate of drug-likeness (QED) is 0.609. The van der Waals surface area contributed by atoms with Gasteiger partial charge < -0.3 is 9.84 Å². The van der Waals surface area contributed by atoms with Gasteiger partial charge in [-0.1, -0.05) is 18.2 Å². The van der Waals surface area contributed by atoms with E-state index in [2.05, 4.69) is 10.1 Å². The molecule has 0 atom stereocenters. The number of methoxy groups -OCH3 is 1. The number of hydrogen-bond donors (Lipinski definition) is 1. The van der Waals surface area contributed by atoms with Gasteiger partial charge in [-0.05, 0) is 36.4 Å². The molecule has 0 bridgehead atoms. The van der Waals surface area contributed by atoms with Crippen LogP contribution in [0.5, 0.6) is 5.75 Å². The summed E-state index contributed by atoms with van der Waals surface area (Å²) < 4.78 is 7.08. The zero-order chi connectivity index (χ0) is 18.1. The first kappa shape index (κ1) is 15.8. The van der Waals surface area contributed by atoms with Crippen molar-refractivity contribution in [3.63, 3.8) is 0 Å². The number of rotatable bonds is 4. The Balaban J connectivity index is 1.91. The van der Waals surface area contributed by atoms with Crippen molar-refractivity contribution < 1.29 is 14.6 Å². The van der Waals surface area contributed by atoms with Gasteiger partial charge in [0.15, 0.2) is 0 Å². The molecule has 0 saturated heterocycles. The lowest BCUT2D eigenvalue weighted by Gasteiger charge is -2.10. The van der Waals surface area contributed by atoms with Crippen molar-refractivity contribution in [3.8, 4) is 28.3 Å². The number of fused-ring (bicyclic) bond motifs is 1. The molecule has 6 heteroatoms. The van der Waals surface area contributed by atoms with E-state index in [4.69, 9.17) is 4.74 Å². The molecule has 4 aromatic rings. The van der Waals surface area contributed by atoms with Crippen molar-refractivity contribution in [2.75, 3.05) is 7.11 Å². The number of carboxylic acids is 1. The van der Waals surface area contributed by atoms with E-state index in [9.17, 15) is 9.90 Å². The summed E-state index contributed by atoms with van der Waals surface area (Å²) in [6.45, 7) is 0. The Kier molecular flexibility index (Phi) is 3.85. The van der Waals surface area contributed by atoms with Crippen LogP contribution in [-0.2, 0) is 0 Å². The average molecular weight is 345 g/mol. The molecule has 1 aromatic carbocycles. The van der Waals surface area contributed by atoms with Gasteiger partial charge >= 0.3 is 5.97 Å². The van der Waals surface area contributed by atoms with E-state index in [0.29, 0.717) is 22.5 Å². The van der Waals surface area contributed by atoms with E-state index in [-0.39, 0.29) is 5.56 Å². The molecule has 4 rings (SSSR count). The highest BCUT2D eigenvalue weighted by atomic mass is 16.5. The highest BCUT2D eigenvalue weighted by molar-refractivity contribution is 6.02. The predicted octanol–water partition coefficient (Wildman–Crippen LogP) is 3.77. The third-order valence-electron chi connectivity index (χ3n) is 4.17. The van der Waals surface area contributed by atoms with Crippen molar-refractivity contribution in [2.45, 2.75) is 0 Å². The molecule has 0 amide bonds. The van der Waals surface area contributed by atoms with Gasteiger partial charge in [-0.3, -0.25) is 4.98 Å². The fourth-order valence-corrected chi connectivity index (χ4v) is 2.98. The predicted molar refractivity (Wildman–Crippen MR) is 97.4 cm³/mol. The second-order valence-corrected chi connectivity index (χ2v) is 5.69. The summed E-state index contributed by atoms with van der Waals surface area (Å²) in [5, 5.41) is 14.1. The number of ether oxygens (including phenoxy) is 1. The monoisotopic (exact) mass is 345 g/mol. The number of benzene rings is 1. The minimum atomic E-state index is -1.02. The topological polar surface area (TPSA) is 76.7 Å². The van der Waals surface area contributed by atoms with Crippen molar-refractivity contribution in [3.05, 3.63) is 72.6 Å². The zero-order valence-corrected chi connectivity index (χ0v) is 14.0. The molecule has 3 heterocycles. The minimum absolute atomic E-state index is 0.165. The number of carboxylic acid groups (broad SMARTS) is 1. The Morgan fingerprint density at radius 3 is 2.69 bits per heavy atom. The van der Waals surface area contributed by atoms with Crippen LogP contribution >= 0.6 is 0 Å². The summed E-state index contributed by atoms with van der Waals surface area (Å²) >= 11 is 0. The standard InChI is InChI=1S/C20H15N3O3/c1-26-17-12-13(8-9-14(17)15-6-2-4-10-21-15)19-18(20(24)25)16-7-3-5-11-23(16)22-19/h2-12H,1H3,(H,24,25). The van der Waals surface area contributed by atoms with Gasteiger partial charge in [-0.15, -0.1) is 0 Å². The number of carbonyl (C=O) groups is 1. The van der Waals surface area contributed by atoms with Gasteiger partial charge in [0, 0.05) is 23.5 Å². The van der Waals surface area contributed by atoms with Crippen molar-refractivity contribution in [1.29, 1.82) is 0 Å². The van der Waals surface area contributed by atoms with Crippen LogP contribution in [0.25, 0.3) is 28.0 Å². The second-order valence-electron chi connectivity index (χ2n) is 5.69. The molecule has 0 fully saturated rings. The van der Waals surface area contributed by atoms with Crippen LogP contribution in [0.1, 0.15) is 10.4 Å². The average Bonchev–Trinajstić information content (AvgIpc) is 3.08. The molecule has 0 unspecified atom stereocenters. The first-order chi connectivity index (χ1) is 12.7. The smallest absolute Gasteiger partial charge is 0.340 e. The molecule has 0 saturated carbocycles. The minimum Gasteiger partial charge on any atom is -0.496 e. The molecule has 3 aromatic heterocycles. The van der Waals surface area contributed by atoms with Crippen LogP contribution in [-0.4, -0.2) is 32.8 Å². The lowest BCUT2D eigenvalue weighted by Crippen LogP contribution is -1.98. The molecule has 6 nitrogen and oxygen atoms in total. The maximum Gasteiger partial charge on any atom is 0.340 e. The maximum absolute atomic E-state index is 11.8. The Morgan fingerprint density at radius 2 is 1.96 bits per heavy atom. The highest BCUT2D eigenvalue weighted by Crippen LogP contribution is 2.34. The number of aromatic nitrogens is 3. The first-order valence-corrected chi connectivity index (χ1v) is 7.99. The van der Waals surface area contributed by atoms with Gasteiger partial charge in [-0.2, -0.15) is 5.10 Å². The first-order valence-electron chi connectivity index (χ1n) is 7.99. The van der Waals surface area contributed by atoms with E-state index < -0.39 is 5.97 Å². The Morgan fingerprint density at radius 1 is 1.12 bits per heavy atom. The van der Waals surface area contributed by atoms with Gasteiger partial charge in [0.05, 0.1) is 18.3 Å². The van der Waals surface area contributed by atoms with E-state index in [1.807, 2.05) is 30.3 Å². The molecular weight excluding hydrogens is 330 g/mol. The number of nitrogens with zero attached hydrogens (tertiary/aromatic N) is 3. The van der Waals surface area contributed by atoms with E-state index in [1.54, 1.807) is 48.3 Å². The summed E-state index contributed by atoms with van der Waals surface area (Å²) in [4.78, 5) is 16.2. The third-order valence-corrected chi connectivity index (χ3v) is 4.17. The maximum atomic E-state index is 11.8. The molecular formula is C20H15N3O3. The van der Waals surface area contributed by atoms with Gasteiger partial charge in [-0.25, -0.2) is 9.31 Å². The number of hydrogen-bond acceptors (Lipinski definition) is 4. The van der Waals surface area contributed by atoms with Crippen molar-refractivity contribution in [1.82, 2.24) is 14.6 Å². The van der Waals surface area contributed by atoms with Crippen LogP contribution in [0.4, 0.5) is 0 Å². The molecule has 1 N–H and O–H groups in total. The largest absolute Gasteiger partial charge is 0.496 e. The molecule has 0 aliphatic carbocycles. The van der Waals surface area contributed by atoms with Crippen molar-refractivity contribution in [2.24, 2.45) is 0 Å². The molecule has 128 valence electrons. The summed E-state index contributed by atoms with van der Waals surface area (Å²) in [5.74, 6) is -0.413. The summed E-state index contributed by atoms with van der Waals surface area (Å²) in [6.07, 6.45) is 3.44. The third kappa shape index (κ3) is 2.57. The van der Waals surface area contributed by atoms with Crippen LogP contribution in [0, 0.1) is 0 Å². The van der Waals surface area contributed by atoms with Crippen LogP contribution in [0.15, 0.2) is 67.0 Å². The van der Waals surface area contributed by atoms with E-state index >= 15 is 0 Å². The van der Waals surface area contributed by atoms with Gasteiger partial charge in [0.25, 0.3) is 0 Å². The molecule has 26 heavy (non-hydrogen) atoms. The number of pyridine rings is 2. The number of aromatic carboxylic acids is 1.